The summed E-state index contributed by atoms with van der Waals surface area (Å²) < 4.78 is 27.8. The second-order valence-electron chi connectivity index (χ2n) is 4.47. The van der Waals surface area contributed by atoms with E-state index in [2.05, 4.69) is 15.4 Å². The highest BCUT2D eigenvalue weighted by atomic mass is 19.1. The molecule has 1 N–H and O–H groups in total. The molecule has 0 radical (unpaired) electrons. The molecule has 3 rings (SSSR count). The predicted octanol–water partition coefficient (Wildman–Crippen LogP) is 2.54. The summed E-state index contributed by atoms with van der Waals surface area (Å²) >= 11 is 0. The molecule has 1 aromatic heterocycles. The number of urea groups is 1. The molecule has 112 valence electrons. The van der Waals surface area contributed by atoms with Crippen LogP contribution < -0.4 is 5.32 Å². The van der Waals surface area contributed by atoms with Crippen molar-refractivity contribution in [3.8, 4) is 5.69 Å². The molecule has 2 aromatic rings. The lowest BCUT2D eigenvalue weighted by molar-refractivity contribution is 0.229. The topological polar surface area (TPSA) is 62.5 Å². The first-order valence-corrected chi connectivity index (χ1v) is 6.38. The van der Waals surface area contributed by atoms with Crippen LogP contribution in [-0.4, -0.2) is 33.6 Å². The van der Waals surface area contributed by atoms with Crippen LogP contribution >= 0.6 is 0 Å². The molecule has 0 fully saturated rings. The van der Waals surface area contributed by atoms with E-state index in [1.807, 2.05) is 0 Å². The molecule has 0 bridgehead atoms. The molecule has 1 aliphatic heterocycles. The van der Waals surface area contributed by atoms with E-state index in [9.17, 15) is 13.6 Å². The highest BCUT2D eigenvalue weighted by Crippen LogP contribution is 2.18. The van der Waals surface area contributed by atoms with Gasteiger partial charge in [-0.05, 0) is 18.2 Å². The van der Waals surface area contributed by atoms with Crippen LogP contribution in [0.1, 0.15) is 0 Å². The van der Waals surface area contributed by atoms with Gasteiger partial charge in [0.1, 0.15) is 24.1 Å². The third-order valence-electron chi connectivity index (χ3n) is 2.92. The standard InChI is InChI=1S/C14H11F2N5O/c15-10-6-11(16)8-12(7-10)21-13(2-4-18-21)19-14(22)20-5-1-3-17-9-20/h1-8H,9H2,(H,19,22). The number of hydrogen-bond donors (Lipinski definition) is 1. The summed E-state index contributed by atoms with van der Waals surface area (Å²) in [5, 5.41) is 6.58. The van der Waals surface area contributed by atoms with E-state index in [-0.39, 0.29) is 18.2 Å². The number of rotatable bonds is 2. The van der Waals surface area contributed by atoms with E-state index in [0.717, 1.165) is 18.2 Å². The van der Waals surface area contributed by atoms with E-state index in [0.29, 0.717) is 0 Å². The third-order valence-corrected chi connectivity index (χ3v) is 2.92. The molecule has 0 saturated carbocycles. The van der Waals surface area contributed by atoms with Gasteiger partial charge in [-0.1, -0.05) is 0 Å². The number of anilines is 1. The van der Waals surface area contributed by atoms with E-state index in [1.54, 1.807) is 18.5 Å². The molecule has 1 aromatic carbocycles. The first-order valence-electron chi connectivity index (χ1n) is 6.38. The molecule has 2 heterocycles. The molecule has 0 aliphatic carbocycles. The highest BCUT2D eigenvalue weighted by molar-refractivity contribution is 5.90. The molecule has 0 atom stereocenters. The zero-order valence-corrected chi connectivity index (χ0v) is 11.3. The molecule has 22 heavy (non-hydrogen) atoms. The number of aliphatic imine (C=N–C) groups is 1. The van der Waals surface area contributed by atoms with Crippen LogP contribution in [0.2, 0.25) is 0 Å². The van der Waals surface area contributed by atoms with Crippen molar-refractivity contribution in [3.63, 3.8) is 0 Å². The van der Waals surface area contributed by atoms with Crippen molar-refractivity contribution >= 4 is 18.1 Å². The van der Waals surface area contributed by atoms with Crippen molar-refractivity contribution in [2.75, 3.05) is 12.0 Å². The van der Waals surface area contributed by atoms with Gasteiger partial charge in [0.05, 0.1) is 11.9 Å². The third kappa shape index (κ3) is 2.85. The Balaban J connectivity index is 1.84. The predicted molar refractivity (Wildman–Crippen MR) is 76.8 cm³/mol. The minimum absolute atomic E-state index is 0.171. The Hall–Kier alpha value is -3.03. The van der Waals surface area contributed by atoms with E-state index in [4.69, 9.17) is 0 Å². The number of carbonyl (C=O) groups is 1. The maximum Gasteiger partial charge on any atom is 0.328 e. The number of benzene rings is 1. The molecule has 0 spiro atoms. The number of nitrogens with one attached hydrogen (secondary N) is 1. The average Bonchev–Trinajstić information content (AvgIpc) is 2.95. The lowest BCUT2D eigenvalue weighted by atomic mass is 10.3. The lowest BCUT2D eigenvalue weighted by Gasteiger charge is -2.18. The minimum Gasteiger partial charge on any atom is -0.292 e. The van der Waals surface area contributed by atoms with E-state index >= 15 is 0 Å². The summed E-state index contributed by atoms with van der Waals surface area (Å²) in [7, 11) is 0. The summed E-state index contributed by atoms with van der Waals surface area (Å²) in [5.41, 5.74) is 0.171. The van der Waals surface area contributed by atoms with Crippen molar-refractivity contribution in [3.05, 3.63) is 54.4 Å². The monoisotopic (exact) mass is 303 g/mol. The Kier molecular flexibility index (Phi) is 3.65. The number of carbonyl (C=O) groups excluding carboxylic acids is 1. The van der Waals surface area contributed by atoms with Crippen molar-refractivity contribution in [1.82, 2.24) is 14.7 Å². The fourth-order valence-electron chi connectivity index (χ4n) is 1.96. The van der Waals surface area contributed by atoms with Gasteiger partial charge in [0, 0.05) is 24.5 Å². The summed E-state index contributed by atoms with van der Waals surface area (Å²) in [6.07, 6.45) is 6.21. The van der Waals surface area contributed by atoms with E-state index < -0.39 is 17.7 Å². The quantitative estimate of drug-likeness (QED) is 0.926. The summed E-state index contributed by atoms with van der Waals surface area (Å²) in [4.78, 5) is 17.4. The van der Waals surface area contributed by atoms with Gasteiger partial charge in [-0.15, -0.1) is 0 Å². The van der Waals surface area contributed by atoms with Crippen LogP contribution in [0.3, 0.4) is 0 Å². The van der Waals surface area contributed by atoms with E-state index in [1.165, 1.54) is 21.8 Å². The van der Waals surface area contributed by atoms with Gasteiger partial charge in [-0.2, -0.15) is 5.10 Å². The van der Waals surface area contributed by atoms with Crippen molar-refractivity contribution in [2.24, 2.45) is 4.99 Å². The number of hydrogen-bond acceptors (Lipinski definition) is 3. The maximum atomic E-state index is 13.3. The maximum absolute atomic E-state index is 13.3. The number of nitrogens with zero attached hydrogens (tertiary/aromatic N) is 4. The number of halogens is 2. The van der Waals surface area contributed by atoms with Crippen molar-refractivity contribution < 1.29 is 13.6 Å². The Labute approximate surface area is 124 Å². The highest BCUT2D eigenvalue weighted by Gasteiger charge is 2.15. The second-order valence-corrected chi connectivity index (χ2v) is 4.47. The first kappa shape index (κ1) is 13.9. The van der Waals surface area contributed by atoms with Crippen LogP contribution in [0.4, 0.5) is 19.4 Å². The SMILES string of the molecule is O=C(Nc1ccnn1-c1cc(F)cc(F)c1)N1C=CC=NC1. The van der Waals surface area contributed by atoms with Gasteiger partial charge in [-0.25, -0.2) is 18.3 Å². The zero-order chi connectivity index (χ0) is 15.5. The summed E-state index contributed by atoms with van der Waals surface area (Å²) in [5.74, 6) is -1.16. The Morgan fingerprint density at radius 2 is 2.00 bits per heavy atom. The summed E-state index contributed by atoms with van der Waals surface area (Å²) in [6, 6.07) is 4.11. The molecule has 0 unspecified atom stereocenters. The van der Waals surface area contributed by atoms with Crippen LogP contribution in [0, 0.1) is 11.6 Å². The fourth-order valence-corrected chi connectivity index (χ4v) is 1.96. The summed E-state index contributed by atoms with van der Waals surface area (Å²) in [6.45, 7) is 0.199. The van der Waals surface area contributed by atoms with Crippen molar-refractivity contribution in [2.45, 2.75) is 0 Å². The molecular weight excluding hydrogens is 292 g/mol. The zero-order valence-electron chi connectivity index (χ0n) is 11.3. The van der Waals surface area contributed by atoms with Crippen LogP contribution in [0.15, 0.2) is 47.7 Å². The number of allylic oxidation sites excluding steroid dienone is 1. The van der Waals surface area contributed by atoms with Gasteiger partial charge < -0.3 is 0 Å². The van der Waals surface area contributed by atoms with Gasteiger partial charge in [0.2, 0.25) is 0 Å². The molecule has 2 amide bonds. The molecular formula is C14H11F2N5O. The van der Waals surface area contributed by atoms with Gasteiger partial charge in [0.15, 0.2) is 0 Å². The smallest absolute Gasteiger partial charge is 0.292 e. The normalized spacial score (nSPS) is 13.5. The van der Waals surface area contributed by atoms with Crippen LogP contribution in [-0.2, 0) is 0 Å². The Bertz CT molecular complexity index is 748. The molecule has 1 aliphatic rings. The molecule has 0 saturated heterocycles. The number of aromatic nitrogens is 2. The van der Waals surface area contributed by atoms with Gasteiger partial charge in [0.25, 0.3) is 0 Å². The molecule has 6 nitrogen and oxygen atoms in total. The fraction of sp³-hybridized carbons (Fsp3) is 0.0714. The second kappa shape index (κ2) is 5.76. The van der Waals surface area contributed by atoms with Crippen molar-refractivity contribution in [1.29, 1.82) is 0 Å². The van der Waals surface area contributed by atoms with Gasteiger partial charge >= 0.3 is 6.03 Å². The Morgan fingerprint density at radius 3 is 2.68 bits per heavy atom. The minimum atomic E-state index is -0.726. The lowest BCUT2D eigenvalue weighted by Crippen LogP contribution is -2.32. The van der Waals surface area contributed by atoms with Crippen LogP contribution in [0.25, 0.3) is 5.69 Å². The first-order chi connectivity index (χ1) is 10.6. The van der Waals surface area contributed by atoms with Crippen LogP contribution in [0.5, 0.6) is 0 Å². The number of amides is 2. The Morgan fingerprint density at radius 1 is 1.23 bits per heavy atom. The average molecular weight is 303 g/mol. The molecule has 8 heteroatoms. The van der Waals surface area contributed by atoms with Gasteiger partial charge in [-0.3, -0.25) is 15.2 Å². The largest absolute Gasteiger partial charge is 0.328 e.